The van der Waals surface area contributed by atoms with Crippen molar-refractivity contribution in [2.75, 3.05) is 13.7 Å². The van der Waals surface area contributed by atoms with Gasteiger partial charge < -0.3 is 18.9 Å². The highest BCUT2D eigenvalue weighted by molar-refractivity contribution is 7.07. The Morgan fingerprint density at radius 2 is 1.89 bits per heavy atom. The first kappa shape index (κ1) is 33.2. The number of hydrogen-bond donors (Lipinski definition) is 0. The Hall–Kier alpha value is -4.12. The quantitative estimate of drug-likeness (QED) is 0.175. The van der Waals surface area contributed by atoms with Gasteiger partial charge in [-0.1, -0.05) is 58.8 Å². The summed E-state index contributed by atoms with van der Waals surface area (Å²) in [6.07, 6.45) is 1.49. The van der Waals surface area contributed by atoms with E-state index in [0.29, 0.717) is 43.7 Å². The van der Waals surface area contributed by atoms with Crippen molar-refractivity contribution in [1.82, 2.24) is 4.57 Å². The highest BCUT2D eigenvalue weighted by Gasteiger charge is 2.34. The van der Waals surface area contributed by atoms with E-state index in [9.17, 15) is 14.0 Å². The smallest absolute Gasteiger partial charge is 0.338 e. The van der Waals surface area contributed by atoms with Crippen LogP contribution in [0.2, 0.25) is 10.0 Å². The van der Waals surface area contributed by atoms with E-state index in [2.05, 4.69) is 4.99 Å². The Labute approximate surface area is 278 Å². The van der Waals surface area contributed by atoms with Crippen molar-refractivity contribution in [2.24, 2.45) is 4.99 Å². The molecule has 0 unspecified atom stereocenters. The van der Waals surface area contributed by atoms with E-state index in [0.717, 1.165) is 11.3 Å². The van der Waals surface area contributed by atoms with Crippen LogP contribution >= 0.6 is 34.5 Å². The van der Waals surface area contributed by atoms with E-state index >= 15 is 0 Å². The topological polar surface area (TPSA) is 88.4 Å². The second-order valence-electron chi connectivity index (χ2n) is 10.6. The number of benzene rings is 3. The predicted molar refractivity (Wildman–Crippen MR) is 176 cm³/mol. The number of esters is 1. The maximum absolute atomic E-state index is 14.3. The van der Waals surface area contributed by atoms with Crippen molar-refractivity contribution in [3.8, 4) is 17.2 Å². The number of allylic oxidation sites excluding steroid dienone is 1. The normalized spacial score (nSPS) is 14.6. The lowest BCUT2D eigenvalue weighted by Crippen LogP contribution is -2.40. The zero-order chi connectivity index (χ0) is 33.1. The summed E-state index contributed by atoms with van der Waals surface area (Å²) in [7, 11) is 1.52. The molecule has 3 aromatic carbocycles. The molecule has 1 atom stereocenters. The Balaban J connectivity index is 1.67. The molecule has 0 fully saturated rings. The number of carbonyl (C=O) groups excluding carboxylic acids is 1. The van der Waals surface area contributed by atoms with E-state index in [1.54, 1.807) is 62.4 Å². The van der Waals surface area contributed by atoms with Gasteiger partial charge in [0, 0.05) is 16.1 Å². The number of ether oxygens (including phenoxy) is 4. The maximum atomic E-state index is 14.3. The van der Waals surface area contributed by atoms with Crippen LogP contribution in [0.5, 0.6) is 17.2 Å². The number of nitrogens with zero attached hydrogens (tertiary/aromatic N) is 2. The van der Waals surface area contributed by atoms with Gasteiger partial charge in [0.2, 0.25) is 0 Å². The molecule has 12 heteroatoms. The molecule has 0 saturated carbocycles. The predicted octanol–water partition coefficient (Wildman–Crippen LogP) is 6.62. The van der Waals surface area contributed by atoms with Crippen molar-refractivity contribution in [3.63, 3.8) is 0 Å². The number of methoxy groups -OCH3 is 1. The summed E-state index contributed by atoms with van der Waals surface area (Å²) in [5.41, 5.74) is 1.56. The molecule has 8 nitrogen and oxygen atoms in total. The Bertz CT molecular complexity index is 2020. The van der Waals surface area contributed by atoms with E-state index in [-0.39, 0.29) is 40.2 Å². The minimum atomic E-state index is -0.876. The molecule has 240 valence electrons. The van der Waals surface area contributed by atoms with Crippen molar-refractivity contribution >= 4 is 46.6 Å². The van der Waals surface area contributed by atoms with Gasteiger partial charge in [-0.3, -0.25) is 9.36 Å². The van der Waals surface area contributed by atoms with E-state index < -0.39 is 23.4 Å². The van der Waals surface area contributed by atoms with Crippen LogP contribution in [-0.2, 0) is 16.1 Å². The number of aromatic nitrogens is 1. The third-order valence-electron chi connectivity index (χ3n) is 7.04. The van der Waals surface area contributed by atoms with Gasteiger partial charge in [0.05, 0.1) is 46.7 Å². The van der Waals surface area contributed by atoms with Gasteiger partial charge >= 0.3 is 5.97 Å². The fourth-order valence-electron chi connectivity index (χ4n) is 5.06. The SMILES string of the molecule is CCOC(=O)C1=C(C)N=c2s/c(=C/c3cc(Cl)cc(Cl)c3OCc3ccccc3F)c(=O)n2[C@@H]1c1ccc(OC(C)C)c(OC)c1. The zero-order valence-corrected chi connectivity index (χ0v) is 28.1. The molecule has 5 rings (SSSR count). The highest BCUT2D eigenvalue weighted by Crippen LogP contribution is 2.37. The molecule has 0 bridgehead atoms. The first-order chi connectivity index (χ1) is 22.0. The number of rotatable bonds is 10. The molecule has 1 aromatic heterocycles. The zero-order valence-electron chi connectivity index (χ0n) is 25.7. The summed E-state index contributed by atoms with van der Waals surface area (Å²) >= 11 is 14.0. The van der Waals surface area contributed by atoms with Crippen LogP contribution < -0.4 is 29.1 Å². The van der Waals surface area contributed by atoms with Crippen LogP contribution in [0.25, 0.3) is 6.08 Å². The van der Waals surface area contributed by atoms with E-state index in [1.165, 1.54) is 23.8 Å². The Morgan fingerprint density at radius 1 is 1.13 bits per heavy atom. The molecule has 0 radical (unpaired) electrons. The molecule has 4 aromatic rings. The van der Waals surface area contributed by atoms with Gasteiger partial charge in [-0.15, -0.1) is 0 Å². The first-order valence-corrected chi connectivity index (χ1v) is 16.0. The van der Waals surface area contributed by atoms with Crippen LogP contribution in [0.15, 0.2) is 75.7 Å². The van der Waals surface area contributed by atoms with Gasteiger partial charge in [0.1, 0.15) is 18.2 Å². The van der Waals surface area contributed by atoms with Gasteiger partial charge in [0.15, 0.2) is 16.3 Å². The third-order valence-corrected chi connectivity index (χ3v) is 8.52. The molecular weight excluding hydrogens is 654 g/mol. The Kier molecular flexibility index (Phi) is 10.2. The molecular formula is C34H31Cl2FN2O6S. The fourth-order valence-corrected chi connectivity index (χ4v) is 6.66. The van der Waals surface area contributed by atoms with Crippen molar-refractivity contribution in [3.05, 3.63) is 118 Å². The minimum Gasteiger partial charge on any atom is -0.493 e. The third kappa shape index (κ3) is 6.84. The van der Waals surface area contributed by atoms with Gasteiger partial charge in [-0.2, -0.15) is 0 Å². The standard InChI is InChI=1S/C34H31Cl2FN2O6S/c1-6-43-33(41)29-19(4)38-34-39(30(29)20-11-12-26(45-18(2)3)27(14-20)42-5)32(40)28(46-34)15-22-13-23(35)16-24(36)31(22)44-17-21-9-7-8-10-25(21)37/h7-16,18,30H,6,17H2,1-5H3/b28-15+/t30-/m1/s1. The second-order valence-corrected chi connectivity index (χ2v) is 12.4. The largest absolute Gasteiger partial charge is 0.493 e. The summed E-state index contributed by atoms with van der Waals surface area (Å²) in [5, 5.41) is 0.508. The van der Waals surface area contributed by atoms with Crippen LogP contribution in [0, 0.1) is 5.82 Å². The lowest BCUT2D eigenvalue weighted by Gasteiger charge is -2.25. The van der Waals surface area contributed by atoms with Crippen LogP contribution in [0.1, 0.15) is 50.4 Å². The first-order valence-electron chi connectivity index (χ1n) is 14.4. The molecule has 46 heavy (non-hydrogen) atoms. The Morgan fingerprint density at radius 3 is 2.59 bits per heavy atom. The summed E-state index contributed by atoms with van der Waals surface area (Å²) in [6.45, 7) is 7.26. The van der Waals surface area contributed by atoms with Crippen molar-refractivity contribution in [1.29, 1.82) is 0 Å². The number of thiazole rings is 1. The molecule has 0 aliphatic carbocycles. The van der Waals surface area contributed by atoms with Gasteiger partial charge in [-0.25, -0.2) is 14.2 Å². The average Bonchev–Trinajstić information content (AvgIpc) is 3.30. The molecule has 1 aliphatic heterocycles. The molecule has 1 aliphatic rings. The molecule has 0 amide bonds. The molecule has 0 saturated heterocycles. The molecule has 0 N–H and O–H groups in total. The number of fused-ring (bicyclic) bond motifs is 1. The summed E-state index contributed by atoms with van der Waals surface area (Å²) in [5.74, 6) is 0.181. The molecule has 2 heterocycles. The maximum Gasteiger partial charge on any atom is 0.338 e. The average molecular weight is 686 g/mol. The van der Waals surface area contributed by atoms with Gasteiger partial charge in [0.25, 0.3) is 5.56 Å². The minimum absolute atomic E-state index is 0.101. The highest BCUT2D eigenvalue weighted by atomic mass is 35.5. The monoisotopic (exact) mass is 684 g/mol. The van der Waals surface area contributed by atoms with Crippen LogP contribution in [0.4, 0.5) is 4.39 Å². The number of carbonyl (C=O) groups is 1. The summed E-state index contributed by atoms with van der Waals surface area (Å²) in [4.78, 5) is 32.5. The van der Waals surface area contributed by atoms with Crippen LogP contribution in [0.3, 0.4) is 0 Å². The summed E-state index contributed by atoms with van der Waals surface area (Å²) in [6, 6.07) is 13.7. The lowest BCUT2D eigenvalue weighted by molar-refractivity contribution is -0.139. The number of hydrogen-bond acceptors (Lipinski definition) is 8. The van der Waals surface area contributed by atoms with Crippen molar-refractivity contribution < 1.29 is 28.1 Å². The number of halogens is 3. The second kappa shape index (κ2) is 14.1. The molecule has 0 spiro atoms. The van der Waals surface area contributed by atoms with E-state index in [4.69, 9.17) is 42.1 Å². The summed E-state index contributed by atoms with van der Waals surface area (Å²) < 4.78 is 38.9. The van der Waals surface area contributed by atoms with Crippen LogP contribution in [-0.4, -0.2) is 30.4 Å². The van der Waals surface area contributed by atoms with Crippen molar-refractivity contribution in [2.45, 2.75) is 46.4 Å². The van der Waals surface area contributed by atoms with E-state index in [1.807, 2.05) is 13.8 Å². The fraction of sp³-hybridized carbons (Fsp3) is 0.265. The van der Waals surface area contributed by atoms with Gasteiger partial charge in [-0.05, 0) is 69.7 Å². The lowest BCUT2D eigenvalue weighted by atomic mass is 9.95.